The molecule has 2 saturated carbocycles. The molecule has 0 spiro atoms. The summed E-state index contributed by atoms with van der Waals surface area (Å²) in [5.74, 6) is 1.36. The average Bonchev–Trinajstić information content (AvgIpc) is 3.30. The predicted molar refractivity (Wildman–Crippen MR) is 112 cm³/mol. The van der Waals surface area contributed by atoms with Crippen LogP contribution in [0.15, 0.2) is 12.1 Å². The highest BCUT2D eigenvalue weighted by molar-refractivity contribution is 5.93. The van der Waals surface area contributed by atoms with Crippen molar-refractivity contribution >= 4 is 11.8 Å². The van der Waals surface area contributed by atoms with Gasteiger partial charge in [0.25, 0.3) is 5.91 Å². The number of fused-ring (bicyclic) bond motifs is 2. The van der Waals surface area contributed by atoms with Gasteiger partial charge in [0.05, 0.1) is 5.54 Å². The van der Waals surface area contributed by atoms with Gasteiger partial charge in [-0.25, -0.2) is 4.98 Å². The van der Waals surface area contributed by atoms with Gasteiger partial charge in [-0.3, -0.25) is 9.59 Å². The number of hydrogen-bond acceptors (Lipinski definition) is 3. The molecule has 156 valence electrons. The molecule has 1 N–H and O–H groups in total. The standard InChI is InChI=1S/C24H33N3O2/c28-22(13-10-17-6-2-1-3-7-17)26-24-14-19(24)15-27(16-24)23(29)21-12-11-18-8-4-5-9-20(18)25-21/h11-12,17,19H,1-10,13-16H2,(H,26,28)/t19-,24-/m1/s1. The van der Waals surface area contributed by atoms with E-state index in [2.05, 4.69) is 16.4 Å². The number of amides is 2. The maximum absolute atomic E-state index is 13.0. The number of hydrogen-bond donors (Lipinski definition) is 1. The Labute approximate surface area is 173 Å². The fourth-order valence-corrected chi connectivity index (χ4v) is 5.85. The van der Waals surface area contributed by atoms with E-state index in [9.17, 15) is 9.59 Å². The van der Waals surface area contributed by atoms with Gasteiger partial charge in [-0.15, -0.1) is 0 Å². The average molecular weight is 396 g/mol. The Bertz CT molecular complexity index is 801. The molecule has 0 bridgehead atoms. The Morgan fingerprint density at radius 3 is 2.79 bits per heavy atom. The molecule has 0 aromatic carbocycles. The Morgan fingerprint density at radius 1 is 1.10 bits per heavy atom. The molecule has 3 aliphatic carbocycles. The predicted octanol–water partition coefficient (Wildman–Crippen LogP) is 3.65. The smallest absolute Gasteiger partial charge is 0.272 e. The van der Waals surface area contributed by atoms with Crippen LogP contribution in [0.1, 0.15) is 86.0 Å². The van der Waals surface area contributed by atoms with Crippen molar-refractivity contribution in [2.75, 3.05) is 13.1 Å². The number of likely N-dealkylation sites (tertiary alicyclic amines) is 1. The number of aromatic nitrogens is 1. The third kappa shape index (κ3) is 3.93. The summed E-state index contributed by atoms with van der Waals surface area (Å²) in [5, 5.41) is 3.30. The summed E-state index contributed by atoms with van der Waals surface area (Å²) < 4.78 is 0. The Hall–Kier alpha value is -1.91. The van der Waals surface area contributed by atoms with Gasteiger partial charge in [0.2, 0.25) is 5.91 Å². The number of nitrogens with one attached hydrogen (secondary N) is 1. The number of carbonyl (C=O) groups excluding carboxylic acids is 2. The minimum atomic E-state index is -0.159. The van der Waals surface area contributed by atoms with E-state index in [1.165, 1.54) is 50.5 Å². The maximum Gasteiger partial charge on any atom is 0.272 e. The molecule has 1 saturated heterocycles. The minimum Gasteiger partial charge on any atom is -0.349 e. The molecule has 3 fully saturated rings. The molecule has 0 radical (unpaired) electrons. The van der Waals surface area contributed by atoms with Crippen LogP contribution in [-0.2, 0) is 17.6 Å². The lowest BCUT2D eigenvalue weighted by molar-refractivity contribution is -0.122. The van der Waals surface area contributed by atoms with Gasteiger partial charge < -0.3 is 10.2 Å². The lowest BCUT2D eigenvalue weighted by atomic mass is 9.86. The Kier molecular flexibility index (Phi) is 5.09. The zero-order chi connectivity index (χ0) is 19.8. The molecular formula is C24H33N3O2. The normalized spacial score (nSPS) is 28.6. The monoisotopic (exact) mass is 395 g/mol. The summed E-state index contributed by atoms with van der Waals surface area (Å²) in [6.07, 6.45) is 13.7. The maximum atomic E-state index is 13.0. The second kappa shape index (κ2) is 7.73. The summed E-state index contributed by atoms with van der Waals surface area (Å²) in [7, 11) is 0. The molecule has 5 rings (SSSR count). The van der Waals surface area contributed by atoms with Crippen LogP contribution in [0.25, 0.3) is 0 Å². The molecule has 2 atom stereocenters. The lowest BCUT2D eigenvalue weighted by Crippen LogP contribution is -2.43. The first-order valence-corrected chi connectivity index (χ1v) is 11.7. The van der Waals surface area contributed by atoms with Crippen molar-refractivity contribution in [3.05, 3.63) is 29.1 Å². The zero-order valence-corrected chi connectivity index (χ0v) is 17.4. The van der Waals surface area contributed by atoms with Crippen molar-refractivity contribution in [1.82, 2.24) is 15.2 Å². The van der Waals surface area contributed by atoms with E-state index in [0.29, 0.717) is 24.6 Å². The molecule has 1 aromatic rings. The van der Waals surface area contributed by atoms with Gasteiger partial charge in [0.15, 0.2) is 0 Å². The van der Waals surface area contributed by atoms with Crippen molar-refractivity contribution in [3.63, 3.8) is 0 Å². The van der Waals surface area contributed by atoms with Crippen molar-refractivity contribution in [3.8, 4) is 0 Å². The van der Waals surface area contributed by atoms with Crippen molar-refractivity contribution < 1.29 is 9.59 Å². The van der Waals surface area contributed by atoms with Crippen LogP contribution in [-0.4, -0.2) is 40.3 Å². The molecule has 5 nitrogen and oxygen atoms in total. The number of aryl methyl sites for hydroxylation is 2. The Morgan fingerprint density at radius 2 is 1.93 bits per heavy atom. The van der Waals surface area contributed by atoms with Crippen LogP contribution in [0.5, 0.6) is 0 Å². The molecular weight excluding hydrogens is 362 g/mol. The number of nitrogens with zero attached hydrogens (tertiary/aromatic N) is 2. The van der Waals surface area contributed by atoms with E-state index in [1.54, 1.807) is 0 Å². The highest BCUT2D eigenvalue weighted by atomic mass is 16.2. The number of carbonyl (C=O) groups is 2. The second-order valence-electron chi connectivity index (χ2n) is 9.84. The van der Waals surface area contributed by atoms with E-state index in [4.69, 9.17) is 0 Å². The fourth-order valence-electron chi connectivity index (χ4n) is 5.85. The third-order valence-electron chi connectivity index (χ3n) is 7.72. The van der Waals surface area contributed by atoms with Gasteiger partial charge in [0, 0.05) is 31.1 Å². The second-order valence-corrected chi connectivity index (χ2v) is 9.84. The molecule has 0 unspecified atom stereocenters. The minimum absolute atomic E-state index is 0.0291. The topological polar surface area (TPSA) is 62.3 Å². The summed E-state index contributed by atoms with van der Waals surface area (Å²) >= 11 is 0. The van der Waals surface area contributed by atoms with Gasteiger partial charge >= 0.3 is 0 Å². The molecule has 4 aliphatic rings. The molecule has 2 amide bonds. The van der Waals surface area contributed by atoms with E-state index in [0.717, 1.165) is 43.8 Å². The van der Waals surface area contributed by atoms with Crippen molar-refractivity contribution in [2.24, 2.45) is 11.8 Å². The van der Waals surface area contributed by atoms with Crippen molar-refractivity contribution in [2.45, 2.75) is 82.6 Å². The highest BCUT2D eigenvalue weighted by Gasteiger charge is 2.61. The zero-order valence-electron chi connectivity index (χ0n) is 17.4. The molecule has 2 heterocycles. The van der Waals surface area contributed by atoms with Gasteiger partial charge in [0.1, 0.15) is 5.69 Å². The summed E-state index contributed by atoms with van der Waals surface area (Å²) in [4.78, 5) is 32.2. The van der Waals surface area contributed by atoms with E-state index >= 15 is 0 Å². The van der Waals surface area contributed by atoms with Gasteiger partial charge in [-0.2, -0.15) is 0 Å². The largest absolute Gasteiger partial charge is 0.349 e. The molecule has 5 heteroatoms. The van der Waals surface area contributed by atoms with E-state index < -0.39 is 0 Å². The first-order chi connectivity index (χ1) is 14.1. The lowest BCUT2D eigenvalue weighted by Gasteiger charge is -2.24. The van der Waals surface area contributed by atoms with Crippen LogP contribution in [0.3, 0.4) is 0 Å². The van der Waals surface area contributed by atoms with Crippen LogP contribution >= 0.6 is 0 Å². The Balaban J connectivity index is 1.16. The van der Waals surface area contributed by atoms with Crippen LogP contribution in [0.4, 0.5) is 0 Å². The first kappa shape index (κ1) is 19.1. The van der Waals surface area contributed by atoms with Gasteiger partial charge in [-0.1, -0.05) is 38.2 Å². The summed E-state index contributed by atoms with van der Waals surface area (Å²) in [6, 6.07) is 3.99. The summed E-state index contributed by atoms with van der Waals surface area (Å²) in [5.41, 5.74) is 2.83. The highest BCUT2D eigenvalue weighted by Crippen LogP contribution is 2.49. The molecule has 1 aliphatic heterocycles. The van der Waals surface area contributed by atoms with Crippen LogP contribution in [0, 0.1) is 11.8 Å². The quantitative estimate of drug-likeness (QED) is 0.828. The molecule has 1 aromatic heterocycles. The SMILES string of the molecule is O=C(CCC1CCCCC1)N[C@@]12C[C@@H]1CN(C(=O)c1ccc3c(n1)CCCC3)C2. The first-order valence-electron chi connectivity index (χ1n) is 11.7. The summed E-state index contributed by atoms with van der Waals surface area (Å²) in [6.45, 7) is 1.39. The third-order valence-corrected chi connectivity index (χ3v) is 7.72. The fraction of sp³-hybridized carbons (Fsp3) is 0.708. The van der Waals surface area contributed by atoms with E-state index in [-0.39, 0.29) is 17.4 Å². The number of rotatable bonds is 5. The number of pyridine rings is 1. The molecule has 29 heavy (non-hydrogen) atoms. The van der Waals surface area contributed by atoms with Crippen LogP contribution in [0.2, 0.25) is 0 Å². The number of piperidine rings is 1. The van der Waals surface area contributed by atoms with E-state index in [1.807, 2.05) is 11.0 Å². The van der Waals surface area contributed by atoms with Gasteiger partial charge in [-0.05, 0) is 56.1 Å². The van der Waals surface area contributed by atoms with Crippen molar-refractivity contribution in [1.29, 1.82) is 0 Å². The van der Waals surface area contributed by atoms with Crippen LogP contribution < -0.4 is 5.32 Å².